The Morgan fingerprint density at radius 2 is 1.76 bits per heavy atom. The third-order valence-electron chi connectivity index (χ3n) is 5.79. The number of aryl methyl sites for hydroxylation is 1. The molecular formula is C23H18FN3O2. The summed E-state index contributed by atoms with van der Waals surface area (Å²) in [6, 6.07) is 15.0. The van der Waals surface area contributed by atoms with Crippen molar-refractivity contribution in [2.75, 3.05) is 13.1 Å². The highest BCUT2D eigenvalue weighted by molar-refractivity contribution is 6.03. The van der Waals surface area contributed by atoms with Crippen molar-refractivity contribution >= 4 is 11.8 Å². The van der Waals surface area contributed by atoms with Crippen LogP contribution in [0.25, 0.3) is 0 Å². The van der Waals surface area contributed by atoms with Crippen LogP contribution in [-0.4, -0.2) is 39.7 Å². The van der Waals surface area contributed by atoms with E-state index in [9.17, 15) is 14.0 Å². The van der Waals surface area contributed by atoms with Crippen LogP contribution in [0, 0.1) is 12.7 Å². The van der Waals surface area contributed by atoms with Gasteiger partial charge in [-0.25, -0.2) is 4.39 Å². The Morgan fingerprint density at radius 3 is 2.48 bits per heavy atom. The van der Waals surface area contributed by atoms with E-state index in [-0.39, 0.29) is 11.8 Å². The van der Waals surface area contributed by atoms with E-state index in [1.807, 2.05) is 31.2 Å². The van der Waals surface area contributed by atoms with Gasteiger partial charge in [-0.05, 0) is 37.3 Å². The van der Waals surface area contributed by atoms with Crippen LogP contribution < -0.4 is 0 Å². The Balaban J connectivity index is 1.74. The van der Waals surface area contributed by atoms with Gasteiger partial charge in [-0.3, -0.25) is 14.6 Å². The summed E-state index contributed by atoms with van der Waals surface area (Å²) in [5, 5.41) is 0. The van der Waals surface area contributed by atoms with Crippen LogP contribution in [0.5, 0.6) is 0 Å². The number of benzene rings is 2. The van der Waals surface area contributed by atoms with Crippen molar-refractivity contribution < 1.29 is 14.0 Å². The topological polar surface area (TPSA) is 53.5 Å². The fourth-order valence-corrected chi connectivity index (χ4v) is 4.46. The van der Waals surface area contributed by atoms with E-state index in [0.717, 1.165) is 11.1 Å². The molecule has 2 aliphatic rings. The second-order valence-corrected chi connectivity index (χ2v) is 7.38. The van der Waals surface area contributed by atoms with Gasteiger partial charge in [0, 0.05) is 42.2 Å². The maximum Gasteiger partial charge on any atom is 0.256 e. The first-order valence-corrected chi connectivity index (χ1v) is 9.44. The van der Waals surface area contributed by atoms with Crippen LogP contribution in [0.15, 0.2) is 67.0 Å². The summed E-state index contributed by atoms with van der Waals surface area (Å²) in [6.07, 6.45) is 3.26. The minimum absolute atomic E-state index is 0.114. The number of amides is 2. The molecule has 29 heavy (non-hydrogen) atoms. The number of aromatic nitrogens is 1. The molecule has 1 unspecified atom stereocenters. The zero-order valence-electron chi connectivity index (χ0n) is 15.8. The molecule has 5 nitrogen and oxygen atoms in total. The van der Waals surface area contributed by atoms with Gasteiger partial charge in [0.1, 0.15) is 5.82 Å². The standard InChI is InChI=1S/C23H18FN3O2/c1-15-2-6-17(7-3-15)23-20-14-25-11-10-19(20)22(29)27(23)13-12-26(23)21(28)16-4-8-18(24)9-5-16/h2-11,14H,12-13H2,1H3. The van der Waals surface area contributed by atoms with Gasteiger partial charge in [-0.15, -0.1) is 0 Å². The van der Waals surface area contributed by atoms with Crippen LogP contribution in [-0.2, 0) is 5.66 Å². The molecule has 0 bridgehead atoms. The molecule has 0 N–H and O–H groups in total. The number of rotatable bonds is 2. The molecule has 0 radical (unpaired) electrons. The van der Waals surface area contributed by atoms with E-state index >= 15 is 0 Å². The molecule has 0 saturated carbocycles. The van der Waals surface area contributed by atoms with Crippen LogP contribution >= 0.6 is 0 Å². The maximum absolute atomic E-state index is 13.5. The molecule has 2 amide bonds. The Kier molecular flexibility index (Phi) is 3.77. The average Bonchev–Trinajstić information content (AvgIpc) is 3.25. The molecule has 144 valence electrons. The van der Waals surface area contributed by atoms with Crippen LogP contribution in [0.2, 0.25) is 0 Å². The Morgan fingerprint density at radius 1 is 1.03 bits per heavy atom. The van der Waals surface area contributed by atoms with Crippen LogP contribution in [0.4, 0.5) is 4.39 Å². The lowest BCUT2D eigenvalue weighted by Crippen LogP contribution is -2.51. The number of fused-ring (bicyclic) bond motifs is 3. The Labute approximate surface area is 167 Å². The predicted molar refractivity (Wildman–Crippen MR) is 105 cm³/mol. The van der Waals surface area contributed by atoms with Gasteiger partial charge in [0.05, 0.1) is 5.56 Å². The smallest absolute Gasteiger partial charge is 0.256 e. The molecule has 3 heterocycles. The lowest BCUT2D eigenvalue weighted by atomic mass is 9.90. The highest BCUT2D eigenvalue weighted by Crippen LogP contribution is 2.49. The van der Waals surface area contributed by atoms with Crippen molar-refractivity contribution in [2.45, 2.75) is 12.6 Å². The number of halogens is 1. The predicted octanol–water partition coefficient (Wildman–Crippen LogP) is 3.34. The first-order valence-electron chi connectivity index (χ1n) is 9.44. The third-order valence-corrected chi connectivity index (χ3v) is 5.79. The van der Waals surface area contributed by atoms with Crippen molar-refractivity contribution in [3.63, 3.8) is 0 Å². The molecule has 0 spiro atoms. The molecule has 0 aliphatic carbocycles. The van der Waals surface area contributed by atoms with E-state index in [4.69, 9.17) is 0 Å². The van der Waals surface area contributed by atoms with Crippen molar-refractivity contribution in [1.82, 2.24) is 14.8 Å². The van der Waals surface area contributed by atoms with E-state index in [0.29, 0.717) is 29.8 Å². The largest absolute Gasteiger partial charge is 0.306 e. The number of nitrogens with zero attached hydrogens (tertiary/aromatic N) is 3. The third kappa shape index (κ3) is 2.35. The molecule has 2 aliphatic heterocycles. The van der Waals surface area contributed by atoms with Crippen molar-refractivity contribution in [1.29, 1.82) is 0 Å². The molecule has 6 heteroatoms. The van der Waals surface area contributed by atoms with Gasteiger partial charge in [-0.2, -0.15) is 0 Å². The lowest BCUT2D eigenvalue weighted by Gasteiger charge is -2.40. The first kappa shape index (κ1) is 17.6. The van der Waals surface area contributed by atoms with E-state index < -0.39 is 11.5 Å². The van der Waals surface area contributed by atoms with Gasteiger partial charge >= 0.3 is 0 Å². The zero-order valence-corrected chi connectivity index (χ0v) is 15.8. The molecule has 1 fully saturated rings. The number of pyridine rings is 1. The molecule has 1 saturated heterocycles. The monoisotopic (exact) mass is 387 g/mol. The lowest BCUT2D eigenvalue weighted by molar-refractivity contribution is 0.0374. The van der Waals surface area contributed by atoms with Gasteiger partial charge in [0.25, 0.3) is 11.8 Å². The number of carbonyl (C=O) groups excluding carboxylic acids is 2. The number of carbonyl (C=O) groups is 2. The van der Waals surface area contributed by atoms with Gasteiger partial charge in [0.2, 0.25) is 0 Å². The molecular weight excluding hydrogens is 369 g/mol. The molecule has 3 aromatic rings. The minimum atomic E-state index is -1.06. The second-order valence-electron chi connectivity index (χ2n) is 7.38. The average molecular weight is 387 g/mol. The molecule has 1 atom stereocenters. The molecule has 1 aromatic heterocycles. The fourth-order valence-electron chi connectivity index (χ4n) is 4.46. The molecule has 5 rings (SSSR count). The first-order chi connectivity index (χ1) is 14.0. The molecule has 2 aromatic carbocycles. The SMILES string of the molecule is Cc1ccc(C23c4cnccc4C(=O)N2CCN3C(=O)c2ccc(F)cc2)cc1. The van der Waals surface area contributed by atoms with Gasteiger partial charge < -0.3 is 9.80 Å². The van der Waals surface area contributed by atoms with Gasteiger partial charge in [-0.1, -0.05) is 29.8 Å². The Hall–Kier alpha value is -3.54. The summed E-state index contributed by atoms with van der Waals surface area (Å²) in [6.45, 7) is 2.78. The Bertz CT molecular complexity index is 1130. The highest BCUT2D eigenvalue weighted by Gasteiger charge is 2.59. The normalized spacial score (nSPS) is 20.0. The minimum Gasteiger partial charge on any atom is -0.306 e. The van der Waals surface area contributed by atoms with Gasteiger partial charge in [0.15, 0.2) is 5.66 Å². The summed E-state index contributed by atoms with van der Waals surface area (Å²) in [5.41, 5.74) is 2.49. The van der Waals surface area contributed by atoms with Crippen molar-refractivity contribution in [3.05, 3.63) is 101 Å². The van der Waals surface area contributed by atoms with E-state index in [1.165, 1.54) is 24.3 Å². The van der Waals surface area contributed by atoms with Crippen molar-refractivity contribution in [3.8, 4) is 0 Å². The van der Waals surface area contributed by atoms with Crippen LogP contribution in [0.3, 0.4) is 0 Å². The quantitative estimate of drug-likeness (QED) is 0.678. The summed E-state index contributed by atoms with van der Waals surface area (Å²) in [5.74, 6) is -0.765. The van der Waals surface area contributed by atoms with E-state index in [1.54, 1.807) is 28.3 Å². The van der Waals surface area contributed by atoms with E-state index in [2.05, 4.69) is 4.98 Å². The summed E-state index contributed by atoms with van der Waals surface area (Å²) in [4.78, 5) is 34.4. The fraction of sp³-hybridized carbons (Fsp3) is 0.174. The second kappa shape index (κ2) is 6.24. The summed E-state index contributed by atoms with van der Waals surface area (Å²) >= 11 is 0. The van der Waals surface area contributed by atoms with Crippen LogP contribution in [0.1, 0.15) is 37.4 Å². The number of hydrogen-bond acceptors (Lipinski definition) is 3. The highest BCUT2D eigenvalue weighted by atomic mass is 19.1. The number of hydrogen-bond donors (Lipinski definition) is 0. The van der Waals surface area contributed by atoms with Crippen molar-refractivity contribution in [2.24, 2.45) is 0 Å². The summed E-state index contributed by atoms with van der Waals surface area (Å²) in [7, 11) is 0. The zero-order chi connectivity index (χ0) is 20.2. The summed E-state index contributed by atoms with van der Waals surface area (Å²) < 4.78 is 13.4. The maximum atomic E-state index is 13.5.